The van der Waals surface area contributed by atoms with Gasteiger partial charge in [-0.25, -0.2) is 12.8 Å². The first-order valence-electron chi connectivity index (χ1n) is 5.80. The van der Waals surface area contributed by atoms with Crippen molar-refractivity contribution in [2.24, 2.45) is 0 Å². The molecule has 0 saturated heterocycles. The van der Waals surface area contributed by atoms with E-state index in [2.05, 4.69) is 0 Å². The molecule has 0 radical (unpaired) electrons. The number of benzene rings is 2. The third kappa shape index (κ3) is 2.99. The predicted molar refractivity (Wildman–Crippen MR) is 78.2 cm³/mol. The van der Waals surface area contributed by atoms with Crippen LogP contribution < -0.4 is 4.31 Å². The molecule has 0 aromatic heterocycles. The van der Waals surface area contributed by atoms with E-state index < -0.39 is 15.8 Å². The summed E-state index contributed by atoms with van der Waals surface area (Å²) in [7, 11) is -2.53. The number of nitriles is 1. The molecule has 2 aromatic rings. The van der Waals surface area contributed by atoms with Gasteiger partial charge < -0.3 is 0 Å². The average Bonchev–Trinajstić information content (AvgIpc) is 2.49. The van der Waals surface area contributed by atoms with Crippen LogP contribution in [0.5, 0.6) is 0 Å². The number of hydrogen-bond donors (Lipinski definition) is 0. The van der Waals surface area contributed by atoms with Crippen LogP contribution in [0.4, 0.5) is 10.1 Å². The Balaban J connectivity index is 2.47. The summed E-state index contributed by atoms with van der Waals surface area (Å²) in [5.41, 5.74) is 0.668. The molecule has 0 amide bonds. The molecule has 0 saturated carbocycles. The topological polar surface area (TPSA) is 61.2 Å². The second kappa shape index (κ2) is 5.72. The van der Waals surface area contributed by atoms with Crippen molar-refractivity contribution in [2.75, 3.05) is 11.4 Å². The number of halogens is 2. The molecular formula is C14H10ClFN2O2S. The van der Waals surface area contributed by atoms with Crippen LogP contribution in [-0.2, 0) is 10.0 Å². The number of nitrogens with zero attached hydrogens (tertiary/aromatic N) is 2. The van der Waals surface area contributed by atoms with Crippen molar-refractivity contribution in [3.05, 3.63) is 58.9 Å². The lowest BCUT2D eigenvalue weighted by atomic mass is 10.2. The fourth-order valence-corrected chi connectivity index (χ4v) is 3.16. The minimum absolute atomic E-state index is 0.126. The highest BCUT2D eigenvalue weighted by Gasteiger charge is 2.22. The Morgan fingerprint density at radius 1 is 1.24 bits per heavy atom. The van der Waals surface area contributed by atoms with Crippen LogP contribution in [0.3, 0.4) is 0 Å². The zero-order valence-electron chi connectivity index (χ0n) is 10.9. The van der Waals surface area contributed by atoms with Gasteiger partial charge in [-0.1, -0.05) is 17.7 Å². The van der Waals surface area contributed by atoms with E-state index in [4.69, 9.17) is 16.9 Å². The summed E-state index contributed by atoms with van der Waals surface area (Å²) >= 11 is 5.62. The molecule has 0 spiro atoms. The van der Waals surface area contributed by atoms with E-state index in [1.807, 2.05) is 6.07 Å². The van der Waals surface area contributed by atoms with Gasteiger partial charge in [0.15, 0.2) is 0 Å². The Kier molecular flexibility index (Phi) is 4.16. The van der Waals surface area contributed by atoms with Gasteiger partial charge in [-0.2, -0.15) is 5.26 Å². The first-order chi connectivity index (χ1) is 9.86. The van der Waals surface area contributed by atoms with E-state index in [0.29, 0.717) is 11.3 Å². The monoisotopic (exact) mass is 324 g/mol. The molecule has 0 unspecified atom stereocenters. The number of hydrogen-bond acceptors (Lipinski definition) is 3. The second-order valence-electron chi connectivity index (χ2n) is 4.21. The molecule has 0 atom stereocenters. The quantitative estimate of drug-likeness (QED) is 0.871. The highest BCUT2D eigenvalue weighted by Crippen LogP contribution is 2.25. The minimum Gasteiger partial charge on any atom is -0.269 e. The van der Waals surface area contributed by atoms with E-state index in [9.17, 15) is 12.8 Å². The van der Waals surface area contributed by atoms with Crippen molar-refractivity contribution in [1.29, 1.82) is 5.26 Å². The summed E-state index contributed by atoms with van der Waals surface area (Å²) in [6, 6.07) is 11.3. The minimum atomic E-state index is -3.88. The van der Waals surface area contributed by atoms with Crippen LogP contribution in [0.15, 0.2) is 47.4 Å². The van der Waals surface area contributed by atoms with Gasteiger partial charge >= 0.3 is 0 Å². The largest absolute Gasteiger partial charge is 0.269 e. The van der Waals surface area contributed by atoms with Crippen LogP contribution >= 0.6 is 11.6 Å². The summed E-state index contributed by atoms with van der Waals surface area (Å²) in [5, 5.41) is 8.59. The second-order valence-corrected chi connectivity index (χ2v) is 6.59. The summed E-state index contributed by atoms with van der Waals surface area (Å²) in [5.74, 6) is -0.690. The predicted octanol–water partition coefficient (Wildman–Crippen LogP) is 3.18. The summed E-state index contributed by atoms with van der Waals surface area (Å²) < 4.78 is 39.1. The summed E-state index contributed by atoms with van der Waals surface area (Å²) in [4.78, 5) is -0.126. The van der Waals surface area contributed by atoms with Crippen molar-refractivity contribution in [2.45, 2.75) is 4.90 Å². The molecule has 0 N–H and O–H groups in total. The molecule has 0 heterocycles. The SMILES string of the molecule is CN(c1cccc(C#N)c1)S(=O)(=O)c1ccc(F)c(Cl)c1. The Morgan fingerprint density at radius 2 is 1.95 bits per heavy atom. The van der Waals surface area contributed by atoms with Crippen molar-refractivity contribution in [3.63, 3.8) is 0 Å². The number of anilines is 1. The Bertz CT molecular complexity index is 831. The van der Waals surface area contributed by atoms with Gasteiger partial charge in [0, 0.05) is 7.05 Å². The van der Waals surface area contributed by atoms with Gasteiger partial charge in [-0.3, -0.25) is 4.31 Å². The maximum absolute atomic E-state index is 13.1. The van der Waals surface area contributed by atoms with Crippen molar-refractivity contribution in [1.82, 2.24) is 0 Å². The maximum atomic E-state index is 13.1. The van der Waals surface area contributed by atoms with Gasteiger partial charge in [-0.05, 0) is 36.4 Å². The van der Waals surface area contributed by atoms with Crippen molar-refractivity contribution in [3.8, 4) is 6.07 Å². The smallest absolute Gasteiger partial charge is 0.264 e. The van der Waals surface area contributed by atoms with Crippen LogP contribution in [0.25, 0.3) is 0 Å². The number of sulfonamides is 1. The fraction of sp³-hybridized carbons (Fsp3) is 0.0714. The molecule has 0 fully saturated rings. The molecule has 0 bridgehead atoms. The van der Waals surface area contributed by atoms with Crippen LogP contribution in [-0.4, -0.2) is 15.5 Å². The van der Waals surface area contributed by atoms with Gasteiger partial charge in [0.1, 0.15) is 5.82 Å². The third-order valence-electron chi connectivity index (χ3n) is 2.89. The molecule has 0 aliphatic carbocycles. The maximum Gasteiger partial charge on any atom is 0.264 e. The van der Waals surface area contributed by atoms with E-state index in [-0.39, 0.29) is 9.92 Å². The van der Waals surface area contributed by atoms with Crippen molar-refractivity contribution >= 4 is 27.3 Å². The van der Waals surface area contributed by atoms with Crippen LogP contribution in [0.2, 0.25) is 5.02 Å². The van der Waals surface area contributed by atoms with Crippen LogP contribution in [0.1, 0.15) is 5.56 Å². The summed E-state index contributed by atoms with van der Waals surface area (Å²) in [6.07, 6.45) is 0. The highest BCUT2D eigenvalue weighted by molar-refractivity contribution is 7.92. The highest BCUT2D eigenvalue weighted by atomic mass is 35.5. The Hall–Kier alpha value is -2.10. The van der Waals surface area contributed by atoms with E-state index in [1.165, 1.54) is 13.1 Å². The lowest BCUT2D eigenvalue weighted by molar-refractivity contribution is 0.593. The van der Waals surface area contributed by atoms with Gasteiger partial charge in [0.2, 0.25) is 0 Å². The van der Waals surface area contributed by atoms with E-state index in [1.54, 1.807) is 18.2 Å². The van der Waals surface area contributed by atoms with E-state index >= 15 is 0 Å². The fourth-order valence-electron chi connectivity index (χ4n) is 1.71. The molecule has 2 aromatic carbocycles. The normalized spacial score (nSPS) is 11.0. The average molecular weight is 325 g/mol. The molecule has 108 valence electrons. The summed E-state index contributed by atoms with van der Waals surface area (Å²) in [6.45, 7) is 0. The molecule has 2 rings (SSSR count). The van der Waals surface area contributed by atoms with Gasteiger partial charge in [0.25, 0.3) is 10.0 Å². The zero-order chi connectivity index (χ0) is 15.6. The standard InChI is InChI=1S/C14H10ClFN2O2S/c1-18(11-4-2-3-10(7-11)9-17)21(19,20)12-5-6-14(16)13(15)8-12/h2-8H,1H3. The zero-order valence-corrected chi connectivity index (χ0v) is 12.5. The van der Waals surface area contributed by atoms with Gasteiger partial charge in [-0.15, -0.1) is 0 Å². The molecule has 0 aliphatic heterocycles. The molecule has 0 aliphatic rings. The van der Waals surface area contributed by atoms with Crippen LogP contribution in [0, 0.1) is 17.1 Å². The lowest BCUT2D eigenvalue weighted by Crippen LogP contribution is -2.26. The number of rotatable bonds is 3. The van der Waals surface area contributed by atoms with E-state index in [0.717, 1.165) is 22.5 Å². The Morgan fingerprint density at radius 3 is 2.57 bits per heavy atom. The third-order valence-corrected chi connectivity index (χ3v) is 4.96. The molecule has 4 nitrogen and oxygen atoms in total. The Labute approximate surface area is 127 Å². The lowest BCUT2D eigenvalue weighted by Gasteiger charge is -2.19. The first-order valence-corrected chi connectivity index (χ1v) is 7.62. The molecule has 21 heavy (non-hydrogen) atoms. The molecular weight excluding hydrogens is 315 g/mol. The van der Waals surface area contributed by atoms with Gasteiger partial charge in [0.05, 0.1) is 27.2 Å². The first kappa shape index (κ1) is 15.3. The molecule has 7 heteroatoms. The van der Waals surface area contributed by atoms with Crippen molar-refractivity contribution < 1.29 is 12.8 Å².